The van der Waals surface area contributed by atoms with E-state index in [2.05, 4.69) is 57.2 Å². The highest BCUT2D eigenvalue weighted by Crippen LogP contribution is 2.15. The van der Waals surface area contributed by atoms with Gasteiger partial charge < -0.3 is 14.2 Å². The van der Waals surface area contributed by atoms with E-state index in [1.165, 1.54) is 89.9 Å². The highest BCUT2D eigenvalue weighted by Gasteiger charge is 2.19. The molecule has 0 saturated carbocycles. The summed E-state index contributed by atoms with van der Waals surface area (Å²) in [5.41, 5.74) is 0. The Bertz CT molecular complexity index is 1330. The Hall–Kier alpha value is -3.93. The van der Waals surface area contributed by atoms with Gasteiger partial charge in [0, 0.05) is 19.3 Å². The van der Waals surface area contributed by atoms with Crippen LogP contribution in [0.2, 0.25) is 0 Å². The molecule has 0 heterocycles. The van der Waals surface area contributed by atoms with Gasteiger partial charge in [0.05, 0.1) is 0 Å². The van der Waals surface area contributed by atoms with Gasteiger partial charge in [-0.3, -0.25) is 14.4 Å². The molecule has 63 heavy (non-hydrogen) atoms. The summed E-state index contributed by atoms with van der Waals surface area (Å²) >= 11 is 0. The van der Waals surface area contributed by atoms with Crippen LogP contribution in [0.4, 0.5) is 0 Å². The normalized spacial score (nSPS) is 13.0. The van der Waals surface area contributed by atoms with Gasteiger partial charge in [0.15, 0.2) is 6.10 Å². The van der Waals surface area contributed by atoms with E-state index in [4.69, 9.17) is 14.2 Å². The highest BCUT2D eigenvalue weighted by molar-refractivity contribution is 5.71. The molecule has 0 aliphatic rings. The number of unbranched alkanes of at least 4 members (excludes halogenated alkanes) is 22. The Morgan fingerprint density at radius 2 is 0.635 bits per heavy atom. The van der Waals surface area contributed by atoms with Crippen molar-refractivity contribution in [2.75, 3.05) is 13.2 Å². The van der Waals surface area contributed by atoms with E-state index in [1.54, 1.807) is 0 Å². The Kier molecular flexibility index (Phi) is 47.5. The van der Waals surface area contributed by atoms with Gasteiger partial charge in [-0.15, -0.1) is 0 Å². The van der Waals surface area contributed by atoms with Crippen LogP contribution in [0.3, 0.4) is 0 Å². The Morgan fingerprint density at radius 1 is 0.333 bits per heavy atom. The topological polar surface area (TPSA) is 78.9 Å². The maximum atomic E-state index is 12.8. The smallest absolute Gasteiger partial charge is 0.306 e. The van der Waals surface area contributed by atoms with E-state index in [0.29, 0.717) is 19.3 Å². The molecular weight excluding hydrogens is 781 g/mol. The van der Waals surface area contributed by atoms with Crippen LogP contribution >= 0.6 is 0 Å². The summed E-state index contributed by atoms with van der Waals surface area (Å²) in [5, 5.41) is 0. The first kappa shape index (κ1) is 59.1. The Balaban J connectivity index is 4.51. The van der Waals surface area contributed by atoms with Crippen molar-refractivity contribution in [2.45, 2.75) is 219 Å². The van der Waals surface area contributed by atoms with Crippen LogP contribution in [0.5, 0.6) is 0 Å². The molecule has 0 aliphatic carbocycles. The zero-order chi connectivity index (χ0) is 45.8. The van der Waals surface area contributed by atoms with Gasteiger partial charge in [0.1, 0.15) is 13.2 Å². The molecule has 0 spiro atoms. The molecule has 0 aromatic carbocycles. The molecule has 6 heteroatoms. The average molecular weight is 873 g/mol. The lowest BCUT2D eigenvalue weighted by atomic mass is 10.0. The van der Waals surface area contributed by atoms with Crippen LogP contribution in [0.15, 0.2) is 109 Å². The van der Waals surface area contributed by atoms with E-state index in [1.807, 2.05) is 72.9 Å². The SMILES string of the molecule is CC\C=C/C=C\C=C/C=C\C=C\C=C/C=C\CCCCCC(=O)OCC(COC(=O)CCCCC/C=C\C=C/CCCC)OC(=O)CCCCCCCCCCCCCCCCC. The third-order valence-corrected chi connectivity index (χ3v) is 10.5. The summed E-state index contributed by atoms with van der Waals surface area (Å²) in [7, 11) is 0. The number of carbonyl (C=O) groups is 3. The molecule has 0 rings (SSSR count). The molecule has 0 fully saturated rings. The number of esters is 3. The second kappa shape index (κ2) is 50.7. The maximum Gasteiger partial charge on any atom is 0.306 e. The van der Waals surface area contributed by atoms with E-state index >= 15 is 0 Å². The third-order valence-electron chi connectivity index (χ3n) is 10.5. The molecule has 0 aromatic rings. The lowest BCUT2D eigenvalue weighted by Crippen LogP contribution is -2.30. The van der Waals surface area contributed by atoms with Gasteiger partial charge in [0.25, 0.3) is 0 Å². The molecule has 0 aliphatic heterocycles. The standard InChI is InChI=1S/C57H92O6/c1-4-7-10-13-16-19-22-24-26-27-28-29-31-32-35-38-41-44-47-50-56(59)62-53-54(52-61-55(58)49-46-43-40-37-34-21-18-15-12-9-6-3)63-57(60)51-48-45-42-39-36-33-30-25-23-20-17-14-11-8-5-2/h7,10,13,15-16,18-19,21-22,24,26-29,31-32,34-35,54H,4-6,8-9,11-12,14,17,20,23,25,30,33,36-53H2,1-3H3/b10-7-,16-13-,18-15-,22-19-,26-24-,28-27+,31-29-,34-21-,35-32-. The number of hydrogen-bond donors (Lipinski definition) is 0. The van der Waals surface area contributed by atoms with Crippen molar-refractivity contribution in [3.05, 3.63) is 109 Å². The fourth-order valence-electron chi connectivity index (χ4n) is 6.64. The molecule has 0 N–H and O–H groups in total. The van der Waals surface area contributed by atoms with E-state index in [-0.39, 0.29) is 31.1 Å². The van der Waals surface area contributed by atoms with Crippen LogP contribution in [0.25, 0.3) is 0 Å². The van der Waals surface area contributed by atoms with Crippen molar-refractivity contribution < 1.29 is 28.6 Å². The lowest BCUT2D eigenvalue weighted by Gasteiger charge is -2.18. The molecule has 0 amide bonds. The van der Waals surface area contributed by atoms with Gasteiger partial charge in [-0.05, 0) is 57.8 Å². The first-order chi connectivity index (χ1) is 31.0. The van der Waals surface area contributed by atoms with Gasteiger partial charge >= 0.3 is 17.9 Å². The van der Waals surface area contributed by atoms with Crippen molar-refractivity contribution in [1.29, 1.82) is 0 Å². The van der Waals surface area contributed by atoms with E-state index in [9.17, 15) is 14.4 Å². The summed E-state index contributed by atoms with van der Waals surface area (Å²) < 4.78 is 16.7. The molecule has 6 nitrogen and oxygen atoms in total. The summed E-state index contributed by atoms with van der Waals surface area (Å²) in [6, 6.07) is 0. The fraction of sp³-hybridized carbons (Fsp3) is 0.632. The number of carbonyl (C=O) groups excluding carboxylic acids is 3. The molecule has 1 unspecified atom stereocenters. The van der Waals surface area contributed by atoms with Gasteiger partial charge in [-0.1, -0.05) is 246 Å². The molecule has 0 bridgehead atoms. The molecule has 0 saturated heterocycles. The monoisotopic (exact) mass is 873 g/mol. The largest absolute Gasteiger partial charge is 0.462 e. The van der Waals surface area contributed by atoms with Crippen molar-refractivity contribution in [1.82, 2.24) is 0 Å². The van der Waals surface area contributed by atoms with Crippen molar-refractivity contribution in [2.24, 2.45) is 0 Å². The minimum absolute atomic E-state index is 0.107. The van der Waals surface area contributed by atoms with Crippen molar-refractivity contribution in [3.63, 3.8) is 0 Å². The van der Waals surface area contributed by atoms with Crippen LogP contribution < -0.4 is 0 Å². The molecular formula is C57H92O6. The zero-order valence-electron chi connectivity index (χ0n) is 40.5. The number of rotatable bonds is 44. The summed E-state index contributed by atoms with van der Waals surface area (Å²) in [5.74, 6) is -0.982. The number of allylic oxidation sites excluding steroid dienone is 18. The first-order valence-corrected chi connectivity index (χ1v) is 25.5. The second-order valence-corrected chi connectivity index (χ2v) is 16.6. The summed E-state index contributed by atoms with van der Waals surface area (Å²) in [4.78, 5) is 37.9. The van der Waals surface area contributed by atoms with E-state index in [0.717, 1.165) is 83.5 Å². The molecule has 1 atom stereocenters. The Labute approximate surface area is 387 Å². The second-order valence-electron chi connectivity index (χ2n) is 16.6. The fourth-order valence-corrected chi connectivity index (χ4v) is 6.64. The average Bonchev–Trinajstić information content (AvgIpc) is 3.28. The van der Waals surface area contributed by atoms with Crippen LogP contribution in [0.1, 0.15) is 213 Å². The van der Waals surface area contributed by atoms with Crippen LogP contribution in [-0.4, -0.2) is 37.2 Å². The Morgan fingerprint density at radius 3 is 1.03 bits per heavy atom. The molecule has 356 valence electrons. The number of ether oxygens (including phenoxy) is 3. The van der Waals surface area contributed by atoms with Crippen LogP contribution in [0, 0.1) is 0 Å². The molecule has 0 radical (unpaired) electrons. The predicted octanol–water partition coefficient (Wildman–Crippen LogP) is 16.8. The predicted molar refractivity (Wildman–Crippen MR) is 270 cm³/mol. The number of hydrogen-bond acceptors (Lipinski definition) is 6. The third kappa shape index (κ3) is 49.0. The summed E-state index contributed by atoms with van der Waals surface area (Å²) in [6.45, 7) is 6.36. The minimum Gasteiger partial charge on any atom is -0.462 e. The maximum absolute atomic E-state index is 12.8. The summed E-state index contributed by atoms with van der Waals surface area (Å²) in [6.07, 6.45) is 67.8. The van der Waals surface area contributed by atoms with Gasteiger partial charge in [-0.25, -0.2) is 0 Å². The minimum atomic E-state index is -0.807. The van der Waals surface area contributed by atoms with Crippen molar-refractivity contribution >= 4 is 17.9 Å². The quantitative estimate of drug-likeness (QED) is 0.0263. The lowest BCUT2D eigenvalue weighted by molar-refractivity contribution is -0.167. The van der Waals surface area contributed by atoms with Gasteiger partial charge in [0.2, 0.25) is 0 Å². The van der Waals surface area contributed by atoms with E-state index < -0.39 is 6.10 Å². The first-order valence-electron chi connectivity index (χ1n) is 25.5. The zero-order valence-corrected chi connectivity index (χ0v) is 40.5. The van der Waals surface area contributed by atoms with Crippen molar-refractivity contribution in [3.8, 4) is 0 Å². The molecule has 0 aromatic heterocycles. The van der Waals surface area contributed by atoms with Gasteiger partial charge in [-0.2, -0.15) is 0 Å². The highest BCUT2D eigenvalue weighted by atomic mass is 16.6. The van der Waals surface area contributed by atoms with Crippen LogP contribution in [-0.2, 0) is 28.6 Å².